The summed E-state index contributed by atoms with van der Waals surface area (Å²) in [7, 11) is 2.25. The van der Waals surface area contributed by atoms with Crippen molar-refractivity contribution in [2.24, 2.45) is 0 Å². The van der Waals surface area contributed by atoms with Gasteiger partial charge in [-0.1, -0.05) is 37.6 Å². The van der Waals surface area contributed by atoms with Gasteiger partial charge in [-0.15, -0.1) is 0 Å². The lowest BCUT2D eigenvalue weighted by atomic mass is 9.98. The molecule has 3 nitrogen and oxygen atoms in total. The standard InChI is InChI=1S/C21H35N3/c1-3-5-18-6-4-7-19(16-18)17-22-20-8-14-24(15-9-20)21-10-12-23(2)13-11-21/h4,6-7,16,20-22H,3,5,8-15,17H2,1-2H3. The van der Waals surface area contributed by atoms with E-state index >= 15 is 0 Å². The molecule has 2 aliphatic heterocycles. The fourth-order valence-corrected chi connectivity index (χ4v) is 4.27. The largest absolute Gasteiger partial charge is 0.310 e. The Hall–Kier alpha value is -0.900. The van der Waals surface area contributed by atoms with Crippen LogP contribution in [-0.4, -0.2) is 55.1 Å². The molecule has 3 heteroatoms. The molecule has 2 saturated heterocycles. The van der Waals surface area contributed by atoms with E-state index in [9.17, 15) is 0 Å². The van der Waals surface area contributed by atoms with Crippen molar-refractivity contribution < 1.29 is 0 Å². The van der Waals surface area contributed by atoms with Crippen LogP contribution in [0.4, 0.5) is 0 Å². The molecule has 2 heterocycles. The van der Waals surface area contributed by atoms with Crippen molar-refractivity contribution in [2.75, 3.05) is 33.2 Å². The van der Waals surface area contributed by atoms with Crippen molar-refractivity contribution in [3.63, 3.8) is 0 Å². The van der Waals surface area contributed by atoms with Crippen LogP contribution in [-0.2, 0) is 13.0 Å². The Morgan fingerprint density at radius 3 is 2.42 bits per heavy atom. The van der Waals surface area contributed by atoms with Crippen molar-refractivity contribution in [1.29, 1.82) is 0 Å². The summed E-state index contributed by atoms with van der Waals surface area (Å²) in [6.45, 7) is 8.39. The average molecular weight is 330 g/mol. The predicted molar refractivity (Wildman–Crippen MR) is 102 cm³/mol. The highest BCUT2D eigenvalue weighted by Crippen LogP contribution is 2.20. The molecule has 2 fully saturated rings. The summed E-state index contributed by atoms with van der Waals surface area (Å²) in [5.41, 5.74) is 2.92. The molecule has 1 aromatic carbocycles. The molecule has 0 amide bonds. The van der Waals surface area contributed by atoms with E-state index in [4.69, 9.17) is 0 Å². The van der Waals surface area contributed by atoms with Gasteiger partial charge in [0.25, 0.3) is 0 Å². The highest BCUT2D eigenvalue weighted by atomic mass is 15.2. The van der Waals surface area contributed by atoms with E-state index in [0.29, 0.717) is 6.04 Å². The Bertz CT molecular complexity index is 486. The maximum Gasteiger partial charge on any atom is 0.0208 e. The second kappa shape index (κ2) is 8.98. The zero-order chi connectivity index (χ0) is 16.8. The minimum atomic E-state index is 0.697. The topological polar surface area (TPSA) is 18.5 Å². The molecule has 0 radical (unpaired) electrons. The van der Waals surface area contributed by atoms with Gasteiger partial charge in [0.05, 0.1) is 0 Å². The zero-order valence-corrected chi connectivity index (χ0v) is 15.6. The number of nitrogens with one attached hydrogen (secondary N) is 1. The maximum absolute atomic E-state index is 3.80. The van der Waals surface area contributed by atoms with E-state index in [1.54, 1.807) is 0 Å². The number of nitrogens with zero attached hydrogens (tertiary/aromatic N) is 2. The third-order valence-corrected chi connectivity index (χ3v) is 5.86. The van der Waals surface area contributed by atoms with Crippen LogP contribution in [0.2, 0.25) is 0 Å². The van der Waals surface area contributed by atoms with Crippen molar-refractivity contribution >= 4 is 0 Å². The van der Waals surface area contributed by atoms with Gasteiger partial charge in [0.2, 0.25) is 0 Å². The molecule has 0 spiro atoms. The number of aryl methyl sites for hydroxylation is 1. The molecule has 134 valence electrons. The van der Waals surface area contributed by atoms with Gasteiger partial charge in [-0.2, -0.15) is 0 Å². The lowest BCUT2D eigenvalue weighted by molar-refractivity contribution is 0.0921. The van der Waals surface area contributed by atoms with Crippen LogP contribution in [0, 0.1) is 0 Å². The summed E-state index contributed by atoms with van der Waals surface area (Å²) in [4.78, 5) is 5.23. The second-order valence-corrected chi connectivity index (χ2v) is 7.80. The first-order chi connectivity index (χ1) is 11.7. The number of hydrogen-bond donors (Lipinski definition) is 1. The first kappa shape index (κ1) is 17.9. The highest BCUT2D eigenvalue weighted by molar-refractivity contribution is 5.23. The number of likely N-dealkylation sites (tertiary alicyclic amines) is 2. The summed E-state index contributed by atoms with van der Waals surface area (Å²) < 4.78 is 0. The van der Waals surface area contributed by atoms with E-state index in [1.807, 2.05) is 0 Å². The monoisotopic (exact) mass is 329 g/mol. The molecule has 2 aliphatic rings. The number of hydrogen-bond acceptors (Lipinski definition) is 3. The molecular weight excluding hydrogens is 294 g/mol. The van der Waals surface area contributed by atoms with Gasteiger partial charge in [-0.3, -0.25) is 0 Å². The summed E-state index contributed by atoms with van der Waals surface area (Å²) >= 11 is 0. The number of piperidine rings is 2. The molecule has 0 bridgehead atoms. The third-order valence-electron chi connectivity index (χ3n) is 5.86. The third kappa shape index (κ3) is 5.05. The first-order valence-electron chi connectivity index (χ1n) is 9.98. The fraction of sp³-hybridized carbons (Fsp3) is 0.714. The summed E-state index contributed by atoms with van der Waals surface area (Å²) in [5.74, 6) is 0. The number of rotatable bonds is 6. The Kier molecular flexibility index (Phi) is 6.70. The van der Waals surface area contributed by atoms with E-state index < -0.39 is 0 Å². The second-order valence-electron chi connectivity index (χ2n) is 7.80. The highest BCUT2D eigenvalue weighted by Gasteiger charge is 2.27. The molecule has 0 atom stereocenters. The lowest BCUT2D eigenvalue weighted by Gasteiger charge is -2.41. The van der Waals surface area contributed by atoms with Gasteiger partial charge in [0, 0.05) is 18.6 Å². The summed E-state index contributed by atoms with van der Waals surface area (Å²) in [5, 5.41) is 3.80. The van der Waals surface area contributed by atoms with Crippen molar-refractivity contribution in [3.8, 4) is 0 Å². The molecule has 0 unspecified atom stereocenters. The summed E-state index contributed by atoms with van der Waals surface area (Å²) in [6.07, 6.45) is 7.76. The minimum Gasteiger partial charge on any atom is -0.310 e. The first-order valence-corrected chi connectivity index (χ1v) is 9.98. The quantitative estimate of drug-likeness (QED) is 0.864. The van der Waals surface area contributed by atoms with Gasteiger partial charge in [-0.25, -0.2) is 0 Å². The molecule has 0 aliphatic carbocycles. The van der Waals surface area contributed by atoms with Crippen LogP contribution in [0.1, 0.15) is 50.2 Å². The predicted octanol–water partition coefficient (Wildman–Crippen LogP) is 3.29. The smallest absolute Gasteiger partial charge is 0.0208 e. The van der Waals surface area contributed by atoms with E-state index in [2.05, 4.69) is 53.4 Å². The van der Waals surface area contributed by atoms with Crippen LogP contribution in [0.15, 0.2) is 24.3 Å². The molecule has 3 rings (SSSR count). The fourth-order valence-electron chi connectivity index (χ4n) is 4.27. The van der Waals surface area contributed by atoms with Crippen LogP contribution in [0.25, 0.3) is 0 Å². The van der Waals surface area contributed by atoms with Gasteiger partial charge in [0.15, 0.2) is 0 Å². The van der Waals surface area contributed by atoms with E-state index in [-0.39, 0.29) is 0 Å². The average Bonchev–Trinajstić information content (AvgIpc) is 2.62. The van der Waals surface area contributed by atoms with Crippen molar-refractivity contribution in [2.45, 2.75) is 64.1 Å². The van der Waals surface area contributed by atoms with E-state index in [0.717, 1.165) is 12.6 Å². The SMILES string of the molecule is CCCc1cccc(CNC2CCN(C3CCN(C)CC3)CC2)c1. The number of benzene rings is 1. The van der Waals surface area contributed by atoms with Gasteiger partial charge in [0.1, 0.15) is 0 Å². The Balaban J connectivity index is 1.40. The molecule has 1 aromatic rings. The van der Waals surface area contributed by atoms with Crippen LogP contribution in [0.5, 0.6) is 0 Å². The van der Waals surface area contributed by atoms with Crippen LogP contribution in [0.3, 0.4) is 0 Å². The molecule has 0 saturated carbocycles. The minimum absolute atomic E-state index is 0.697. The summed E-state index contributed by atoms with van der Waals surface area (Å²) in [6, 6.07) is 10.7. The Morgan fingerprint density at radius 1 is 1.00 bits per heavy atom. The van der Waals surface area contributed by atoms with Crippen molar-refractivity contribution in [1.82, 2.24) is 15.1 Å². The Morgan fingerprint density at radius 2 is 1.71 bits per heavy atom. The maximum atomic E-state index is 3.80. The molecule has 1 N–H and O–H groups in total. The van der Waals surface area contributed by atoms with Gasteiger partial charge < -0.3 is 15.1 Å². The van der Waals surface area contributed by atoms with Crippen LogP contribution < -0.4 is 5.32 Å². The van der Waals surface area contributed by atoms with Crippen LogP contribution >= 0.6 is 0 Å². The van der Waals surface area contributed by atoms with Gasteiger partial charge in [-0.05, 0) is 76.5 Å². The zero-order valence-electron chi connectivity index (χ0n) is 15.6. The lowest BCUT2D eigenvalue weighted by Crippen LogP contribution is -2.49. The molecule has 24 heavy (non-hydrogen) atoms. The Labute approximate surface area is 148 Å². The molecular formula is C21H35N3. The molecule has 0 aromatic heterocycles. The van der Waals surface area contributed by atoms with Crippen molar-refractivity contribution in [3.05, 3.63) is 35.4 Å². The van der Waals surface area contributed by atoms with Gasteiger partial charge >= 0.3 is 0 Å². The van der Waals surface area contributed by atoms with E-state index in [1.165, 1.54) is 75.8 Å². The normalized spacial score (nSPS) is 22.1.